The molecule has 0 aliphatic rings. The van der Waals surface area contributed by atoms with Crippen molar-refractivity contribution in [2.45, 2.75) is 11.1 Å². The van der Waals surface area contributed by atoms with E-state index in [0.29, 0.717) is 6.07 Å². The lowest BCUT2D eigenvalue weighted by atomic mass is 10.2. The van der Waals surface area contributed by atoms with E-state index in [1.165, 1.54) is 6.07 Å². The first kappa shape index (κ1) is 15.6. The number of aromatic amines is 1. The van der Waals surface area contributed by atoms with Crippen LogP contribution < -0.4 is 10.5 Å². The maximum atomic E-state index is 12.7. The summed E-state index contributed by atoms with van der Waals surface area (Å²) in [7, 11) is -4.14. The Labute approximate surface area is 125 Å². The molecule has 2 aromatic rings. The van der Waals surface area contributed by atoms with E-state index < -0.39 is 21.8 Å². The van der Waals surface area contributed by atoms with E-state index in [1.807, 2.05) is 4.72 Å². The fourth-order valence-electron chi connectivity index (χ4n) is 1.52. The van der Waals surface area contributed by atoms with Crippen molar-refractivity contribution in [3.8, 4) is 0 Å². The number of nitrogen functional groups attached to an aromatic ring is 1. The zero-order chi connectivity index (χ0) is 15.8. The van der Waals surface area contributed by atoms with E-state index in [1.54, 1.807) is 0 Å². The molecule has 1 aromatic heterocycles. The van der Waals surface area contributed by atoms with Crippen molar-refractivity contribution in [1.82, 2.24) is 10.2 Å². The van der Waals surface area contributed by atoms with E-state index in [0.717, 1.165) is 12.3 Å². The van der Waals surface area contributed by atoms with Crippen LogP contribution in [0.4, 0.5) is 24.7 Å². The monoisotopic (exact) mass is 384 g/mol. The van der Waals surface area contributed by atoms with Crippen molar-refractivity contribution in [3.05, 3.63) is 34.4 Å². The molecule has 0 saturated heterocycles. The molecule has 0 unspecified atom stereocenters. The molecule has 0 aliphatic heterocycles. The summed E-state index contributed by atoms with van der Waals surface area (Å²) in [4.78, 5) is -0.351. The van der Waals surface area contributed by atoms with Crippen LogP contribution in [0.2, 0.25) is 0 Å². The average Bonchev–Trinajstić information content (AvgIpc) is 2.73. The molecule has 4 N–H and O–H groups in total. The number of H-pyrrole nitrogens is 1. The Morgan fingerprint density at radius 1 is 1.29 bits per heavy atom. The normalized spacial score (nSPS) is 12.4. The highest BCUT2D eigenvalue weighted by Crippen LogP contribution is 2.34. The SMILES string of the molecule is Nc1[nH]ncc1S(=O)(=O)Nc1cc(Br)cc(C(F)(F)F)c1. The summed E-state index contributed by atoms with van der Waals surface area (Å²) < 4.78 is 64.2. The molecule has 1 heterocycles. The minimum Gasteiger partial charge on any atom is -0.383 e. The van der Waals surface area contributed by atoms with Crippen molar-refractivity contribution >= 4 is 37.5 Å². The number of nitrogens with two attached hydrogens (primary N) is 1. The zero-order valence-corrected chi connectivity index (χ0v) is 12.5. The van der Waals surface area contributed by atoms with Gasteiger partial charge in [-0.25, -0.2) is 8.42 Å². The molecule has 0 bridgehead atoms. The molecule has 11 heteroatoms. The van der Waals surface area contributed by atoms with Crippen LogP contribution in [0.1, 0.15) is 5.56 Å². The third kappa shape index (κ3) is 3.47. The molecule has 21 heavy (non-hydrogen) atoms. The fraction of sp³-hybridized carbons (Fsp3) is 0.100. The standard InChI is InChI=1S/C10H8BrF3N4O2S/c11-6-1-5(10(12,13)14)2-7(3-6)18-21(19,20)8-4-16-17-9(8)15/h1-4,18H,(H3,15,16,17). The maximum absolute atomic E-state index is 12.7. The number of nitrogens with zero attached hydrogens (tertiary/aromatic N) is 1. The minimum absolute atomic E-state index is 0.0789. The lowest BCUT2D eigenvalue weighted by Crippen LogP contribution is -2.15. The molecule has 0 radical (unpaired) electrons. The molecule has 0 spiro atoms. The summed E-state index contributed by atoms with van der Waals surface area (Å²) in [5.41, 5.74) is 4.14. The number of anilines is 2. The van der Waals surface area contributed by atoms with Gasteiger partial charge in [-0.1, -0.05) is 15.9 Å². The molecule has 0 saturated carbocycles. The topological polar surface area (TPSA) is 101 Å². The number of rotatable bonds is 3. The van der Waals surface area contributed by atoms with E-state index in [9.17, 15) is 21.6 Å². The van der Waals surface area contributed by atoms with Gasteiger partial charge in [-0.05, 0) is 18.2 Å². The Kier molecular flexibility index (Phi) is 3.89. The first-order chi connectivity index (χ1) is 9.59. The van der Waals surface area contributed by atoms with Crippen LogP contribution in [0.15, 0.2) is 33.8 Å². The van der Waals surface area contributed by atoms with Crippen molar-refractivity contribution in [3.63, 3.8) is 0 Å². The van der Waals surface area contributed by atoms with Crippen molar-refractivity contribution in [2.24, 2.45) is 0 Å². The Balaban J connectivity index is 2.41. The summed E-state index contributed by atoms with van der Waals surface area (Å²) >= 11 is 2.90. The molecular weight excluding hydrogens is 377 g/mol. The molecule has 0 atom stereocenters. The number of alkyl halides is 3. The average molecular weight is 385 g/mol. The van der Waals surface area contributed by atoms with Gasteiger partial charge in [0.25, 0.3) is 10.0 Å². The van der Waals surface area contributed by atoms with Gasteiger partial charge in [0, 0.05) is 4.47 Å². The smallest absolute Gasteiger partial charge is 0.383 e. The highest BCUT2D eigenvalue weighted by Gasteiger charge is 2.31. The number of nitrogens with one attached hydrogen (secondary N) is 2. The Bertz CT molecular complexity index is 773. The van der Waals surface area contributed by atoms with E-state index in [4.69, 9.17) is 5.73 Å². The first-order valence-corrected chi connectivity index (χ1v) is 7.56. The second-order valence-corrected chi connectivity index (χ2v) is 6.55. The van der Waals surface area contributed by atoms with Gasteiger partial charge < -0.3 is 5.73 Å². The van der Waals surface area contributed by atoms with Gasteiger partial charge in [-0.3, -0.25) is 9.82 Å². The number of hydrogen-bond acceptors (Lipinski definition) is 4. The van der Waals surface area contributed by atoms with Gasteiger partial charge in [-0.2, -0.15) is 18.3 Å². The molecule has 0 aliphatic carbocycles. The zero-order valence-electron chi connectivity index (χ0n) is 10.1. The summed E-state index contributed by atoms with van der Waals surface area (Å²) in [5, 5.41) is 5.67. The molecule has 2 rings (SSSR count). The van der Waals surface area contributed by atoms with Gasteiger partial charge in [0.1, 0.15) is 10.7 Å². The van der Waals surface area contributed by atoms with Crippen LogP contribution in [-0.4, -0.2) is 18.6 Å². The van der Waals surface area contributed by atoms with Crippen LogP contribution in [-0.2, 0) is 16.2 Å². The third-order valence-corrected chi connectivity index (χ3v) is 4.27. The first-order valence-electron chi connectivity index (χ1n) is 5.29. The van der Waals surface area contributed by atoms with Crippen LogP contribution >= 0.6 is 15.9 Å². The number of sulfonamides is 1. The fourth-order valence-corrected chi connectivity index (χ4v) is 3.08. The highest BCUT2D eigenvalue weighted by atomic mass is 79.9. The van der Waals surface area contributed by atoms with Gasteiger partial charge in [0.05, 0.1) is 17.4 Å². The predicted octanol–water partition coefficient (Wildman–Crippen LogP) is 2.57. The van der Waals surface area contributed by atoms with Crippen LogP contribution in [0.25, 0.3) is 0 Å². The largest absolute Gasteiger partial charge is 0.416 e. The quantitative estimate of drug-likeness (QED) is 0.756. The van der Waals surface area contributed by atoms with Gasteiger partial charge in [-0.15, -0.1) is 0 Å². The minimum atomic E-state index is -4.60. The molecule has 1 aromatic carbocycles. The van der Waals surface area contributed by atoms with Crippen molar-refractivity contribution in [1.29, 1.82) is 0 Å². The number of halogens is 4. The second kappa shape index (κ2) is 5.22. The van der Waals surface area contributed by atoms with Gasteiger partial charge in [0.15, 0.2) is 0 Å². The summed E-state index contributed by atoms with van der Waals surface area (Å²) in [5.74, 6) is -0.214. The Morgan fingerprint density at radius 3 is 2.48 bits per heavy atom. The summed E-state index contributed by atoms with van der Waals surface area (Å²) in [6.45, 7) is 0. The molecular formula is C10H8BrF3N4O2S. The number of hydrogen-bond donors (Lipinski definition) is 3. The number of aromatic nitrogens is 2. The number of benzene rings is 1. The molecule has 0 fully saturated rings. The highest BCUT2D eigenvalue weighted by molar-refractivity contribution is 9.10. The van der Waals surface area contributed by atoms with E-state index >= 15 is 0 Å². The van der Waals surface area contributed by atoms with Crippen LogP contribution in [0, 0.1) is 0 Å². The van der Waals surface area contributed by atoms with E-state index in [2.05, 4.69) is 26.1 Å². The summed E-state index contributed by atoms with van der Waals surface area (Å²) in [6, 6.07) is 2.71. The third-order valence-electron chi connectivity index (χ3n) is 2.40. The van der Waals surface area contributed by atoms with Crippen LogP contribution in [0.5, 0.6) is 0 Å². The van der Waals surface area contributed by atoms with E-state index in [-0.39, 0.29) is 20.9 Å². The molecule has 114 valence electrons. The maximum Gasteiger partial charge on any atom is 0.416 e. The van der Waals surface area contributed by atoms with Crippen LogP contribution in [0.3, 0.4) is 0 Å². The van der Waals surface area contributed by atoms with Gasteiger partial charge >= 0.3 is 6.18 Å². The Hall–Kier alpha value is -1.75. The van der Waals surface area contributed by atoms with Crippen molar-refractivity contribution in [2.75, 3.05) is 10.5 Å². The molecule has 6 nitrogen and oxygen atoms in total. The summed E-state index contributed by atoms with van der Waals surface area (Å²) in [6.07, 6.45) is -3.64. The van der Waals surface area contributed by atoms with Crippen molar-refractivity contribution < 1.29 is 21.6 Å². The lowest BCUT2D eigenvalue weighted by Gasteiger charge is -2.11. The second-order valence-electron chi connectivity index (χ2n) is 3.98. The lowest BCUT2D eigenvalue weighted by molar-refractivity contribution is -0.137. The Morgan fingerprint density at radius 2 is 1.95 bits per heavy atom. The molecule has 0 amide bonds. The predicted molar refractivity (Wildman–Crippen MR) is 73.0 cm³/mol. The van der Waals surface area contributed by atoms with Gasteiger partial charge in [0.2, 0.25) is 0 Å².